The Morgan fingerprint density at radius 2 is 1.63 bits per heavy atom. The monoisotopic (exact) mass is 440 g/mol. The summed E-state index contributed by atoms with van der Waals surface area (Å²) in [7, 11) is -3.61. The fourth-order valence-corrected chi connectivity index (χ4v) is 4.76. The molecule has 1 saturated heterocycles. The fraction of sp³-hybridized carbons (Fsp3) is 0.263. The van der Waals surface area contributed by atoms with Crippen LogP contribution in [0.5, 0.6) is 0 Å². The van der Waals surface area contributed by atoms with Crippen molar-refractivity contribution in [3.8, 4) is 0 Å². The third kappa shape index (κ3) is 3.94. The van der Waals surface area contributed by atoms with Crippen LogP contribution in [0, 0.1) is 5.82 Å². The van der Waals surface area contributed by atoms with Crippen molar-refractivity contribution in [2.45, 2.75) is 23.9 Å². The molecule has 3 aromatic rings. The third-order valence-corrected chi connectivity index (χ3v) is 6.64. The molecule has 2 heterocycles. The summed E-state index contributed by atoms with van der Waals surface area (Å²) in [4.78, 5) is 7.04. The first kappa shape index (κ1) is 20.5. The predicted octanol–water partition coefficient (Wildman–Crippen LogP) is 4.32. The highest BCUT2D eigenvalue weighted by atomic mass is 32.2. The molecule has 0 bridgehead atoms. The minimum atomic E-state index is -4.79. The van der Waals surface area contributed by atoms with Crippen molar-refractivity contribution in [1.82, 2.24) is 14.3 Å². The number of halogens is 4. The van der Waals surface area contributed by atoms with Crippen LogP contribution in [0.4, 0.5) is 29.1 Å². The highest BCUT2D eigenvalue weighted by Crippen LogP contribution is 2.32. The summed E-state index contributed by atoms with van der Waals surface area (Å²) in [5, 5.41) is 2.78. The van der Waals surface area contributed by atoms with E-state index in [1.165, 1.54) is 28.6 Å². The van der Waals surface area contributed by atoms with Crippen LogP contribution >= 0.6 is 0 Å². The molecule has 11 heteroatoms. The van der Waals surface area contributed by atoms with Crippen molar-refractivity contribution >= 4 is 32.4 Å². The van der Waals surface area contributed by atoms with Crippen LogP contribution in [0.1, 0.15) is 18.7 Å². The first-order valence-corrected chi connectivity index (χ1v) is 10.5. The molecule has 1 aromatic heterocycles. The van der Waals surface area contributed by atoms with Gasteiger partial charge in [0.25, 0.3) is 0 Å². The summed E-state index contributed by atoms with van der Waals surface area (Å²) in [5.74, 6) is -2.25. The molecule has 0 amide bonds. The van der Waals surface area contributed by atoms with Gasteiger partial charge in [0.1, 0.15) is 11.6 Å². The van der Waals surface area contributed by atoms with Gasteiger partial charge in [-0.05, 0) is 55.3 Å². The van der Waals surface area contributed by atoms with Crippen LogP contribution < -0.4 is 5.32 Å². The number of fused-ring (bicyclic) bond motifs is 1. The molecule has 2 aromatic carbocycles. The molecular weight excluding hydrogens is 424 g/mol. The first-order valence-electron chi connectivity index (χ1n) is 9.06. The Kier molecular flexibility index (Phi) is 5.10. The number of alkyl halides is 3. The summed E-state index contributed by atoms with van der Waals surface area (Å²) >= 11 is 0. The van der Waals surface area contributed by atoms with Gasteiger partial charge in [-0.1, -0.05) is 0 Å². The van der Waals surface area contributed by atoms with Crippen LogP contribution in [0.3, 0.4) is 0 Å². The normalized spacial score (nSPS) is 15.6. The molecule has 6 nitrogen and oxygen atoms in total. The van der Waals surface area contributed by atoms with Crippen LogP contribution in [-0.2, 0) is 16.2 Å². The Morgan fingerprint density at radius 1 is 0.967 bits per heavy atom. The maximum absolute atomic E-state index is 13.6. The quantitative estimate of drug-likeness (QED) is 0.612. The van der Waals surface area contributed by atoms with Gasteiger partial charge >= 0.3 is 6.18 Å². The fourth-order valence-electron chi connectivity index (χ4n) is 3.25. The zero-order valence-electron chi connectivity index (χ0n) is 15.4. The van der Waals surface area contributed by atoms with Gasteiger partial charge in [0, 0.05) is 24.2 Å². The standard InChI is InChI=1S/C19H16F4N4O2S/c20-12-3-8-16-15(11-12)17(26-18(25-16)19(21,22)23)24-13-4-6-14(7-5-13)30(28,29)27-9-1-2-10-27/h3-8,11H,1-2,9-10H2,(H,24,25,26). The van der Waals surface area contributed by atoms with E-state index in [1.807, 2.05) is 0 Å². The number of sulfonamides is 1. The maximum atomic E-state index is 13.6. The van der Waals surface area contributed by atoms with Gasteiger partial charge < -0.3 is 5.32 Å². The van der Waals surface area contributed by atoms with Crippen molar-refractivity contribution in [1.29, 1.82) is 0 Å². The zero-order chi connectivity index (χ0) is 21.5. The second kappa shape index (κ2) is 7.47. The number of hydrogen-bond acceptors (Lipinski definition) is 5. The Balaban J connectivity index is 1.69. The van der Waals surface area contributed by atoms with Crippen LogP contribution in [0.15, 0.2) is 47.4 Å². The van der Waals surface area contributed by atoms with Crippen LogP contribution in [-0.4, -0.2) is 35.8 Å². The average molecular weight is 440 g/mol. The highest BCUT2D eigenvalue weighted by molar-refractivity contribution is 7.89. The maximum Gasteiger partial charge on any atom is 0.451 e. The predicted molar refractivity (Wildman–Crippen MR) is 102 cm³/mol. The van der Waals surface area contributed by atoms with Crippen molar-refractivity contribution in [3.05, 3.63) is 54.1 Å². The van der Waals surface area contributed by atoms with Gasteiger partial charge in [0.05, 0.1) is 10.4 Å². The molecule has 158 valence electrons. The molecule has 1 fully saturated rings. The summed E-state index contributed by atoms with van der Waals surface area (Å²) in [5.41, 5.74) is 0.224. The number of rotatable bonds is 4. The number of aromatic nitrogens is 2. The highest BCUT2D eigenvalue weighted by Gasteiger charge is 2.35. The van der Waals surface area contributed by atoms with E-state index in [1.54, 1.807) is 0 Å². The first-order chi connectivity index (χ1) is 14.1. The molecule has 0 atom stereocenters. The van der Waals surface area contributed by atoms with Gasteiger partial charge in [-0.3, -0.25) is 0 Å². The van der Waals surface area contributed by atoms with Gasteiger partial charge in [0.2, 0.25) is 15.8 Å². The zero-order valence-corrected chi connectivity index (χ0v) is 16.3. The average Bonchev–Trinajstić information content (AvgIpc) is 3.23. The Bertz CT molecular complexity index is 1190. The SMILES string of the molecule is O=S(=O)(c1ccc(Nc2nc(C(F)(F)F)nc3ccc(F)cc23)cc1)N1CCCC1. The molecule has 1 aliphatic rings. The lowest BCUT2D eigenvalue weighted by atomic mass is 10.2. The number of anilines is 2. The number of benzene rings is 2. The smallest absolute Gasteiger partial charge is 0.340 e. The lowest BCUT2D eigenvalue weighted by Crippen LogP contribution is -2.27. The second-order valence-electron chi connectivity index (χ2n) is 6.82. The molecule has 0 spiro atoms. The molecule has 4 rings (SSSR count). The summed E-state index contributed by atoms with van der Waals surface area (Å²) in [6.07, 6.45) is -3.18. The lowest BCUT2D eigenvalue weighted by Gasteiger charge is -2.16. The lowest BCUT2D eigenvalue weighted by molar-refractivity contribution is -0.144. The van der Waals surface area contributed by atoms with E-state index in [9.17, 15) is 26.0 Å². The third-order valence-electron chi connectivity index (χ3n) is 4.73. The van der Waals surface area contributed by atoms with Gasteiger partial charge in [-0.25, -0.2) is 22.8 Å². The molecule has 0 unspecified atom stereocenters. The molecule has 1 N–H and O–H groups in total. The van der Waals surface area contributed by atoms with Gasteiger partial charge in [0.15, 0.2) is 0 Å². The Labute approximate surface area is 169 Å². The van der Waals surface area contributed by atoms with Gasteiger partial charge in [-0.15, -0.1) is 0 Å². The number of hydrogen-bond donors (Lipinski definition) is 1. The molecule has 1 aliphatic heterocycles. The van der Waals surface area contributed by atoms with E-state index >= 15 is 0 Å². The van der Waals surface area contributed by atoms with E-state index < -0.39 is 27.8 Å². The van der Waals surface area contributed by atoms with Crippen molar-refractivity contribution in [3.63, 3.8) is 0 Å². The molecule has 0 saturated carbocycles. The number of nitrogens with zero attached hydrogens (tertiary/aromatic N) is 3. The van der Waals surface area contributed by atoms with Crippen molar-refractivity contribution < 1.29 is 26.0 Å². The summed E-state index contributed by atoms with van der Waals surface area (Å²) < 4.78 is 79.7. The molecule has 0 aliphatic carbocycles. The van der Waals surface area contributed by atoms with E-state index in [0.717, 1.165) is 31.0 Å². The van der Waals surface area contributed by atoms with Gasteiger partial charge in [-0.2, -0.15) is 17.5 Å². The summed E-state index contributed by atoms with van der Waals surface area (Å²) in [6.45, 7) is 0.919. The van der Waals surface area contributed by atoms with E-state index in [-0.39, 0.29) is 21.6 Å². The molecule has 30 heavy (non-hydrogen) atoms. The topological polar surface area (TPSA) is 75.2 Å². The molecular formula is C19H16F4N4O2S. The number of nitrogens with one attached hydrogen (secondary N) is 1. The minimum absolute atomic E-state index is 0.0664. The molecule has 0 radical (unpaired) electrons. The van der Waals surface area contributed by atoms with E-state index in [0.29, 0.717) is 18.8 Å². The van der Waals surface area contributed by atoms with E-state index in [4.69, 9.17) is 0 Å². The second-order valence-corrected chi connectivity index (χ2v) is 8.75. The van der Waals surface area contributed by atoms with Crippen LogP contribution in [0.2, 0.25) is 0 Å². The van der Waals surface area contributed by atoms with Crippen LogP contribution in [0.25, 0.3) is 10.9 Å². The summed E-state index contributed by atoms with van der Waals surface area (Å²) in [6, 6.07) is 8.75. The Hall–Kier alpha value is -2.79. The minimum Gasteiger partial charge on any atom is -0.340 e. The van der Waals surface area contributed by atoms with Crippen molar-refractivity contribution in [2.24, 2.45) is 0 Å². The Morgan fingerprint density at radius 3 is 2.27 bits per heavy atom. The van der Waals surface area contributed by atoms with Crippen molar-refractivity contribution in [2.75, 3.05) is 18.4 Å². The largest absolute Gasteiger partial charge is 0.451 e. The van der Waals surface area contributed by atoms with E-state index in [2.05, 4.69) is 15.3 Å².